The van der Waals surface area contributed by atoms with E-state index in [4.69, 9.17) is 10.5 Å². The first-order valence-corrected chi connectivity index (χ1v) is 9.04. The molecule has 3 rings (SSSR count). The third kappa shape index (κ3) is 3.87. The molecule has 1 aliphatic heterocycles. The monoisotopic (exact) mass is 344 g/mol. The minimum absolute atomic E-state index is 0.0717. The van der Waals surface area contributed by atoms with E-state index in [0.29, 0.717) is 19.1 Å². The molecule has 1 aromatic heterocycles. The second kappa shape index (κ2) is 6.81. The summed E-state index contributed by atoms with van der Waals surface area (Å²) < 4.78 is 5.67. The van der Waals surface area contributed by atoms with Crippen molar-refractivity contribution in [3.8, 4) is 5.75 Å². The zero-order valence-electron chi connectivity index (χ0n) is 14.4. The van der Waals surface area contributed by atoms with Gasteiger partial charge in [-0.2, -0.15) is 0 Å². The summed E-state index contributed by atoms with van der Waals surface area (Å²) in [5.41, 5.74) is 8.24. The number of hydrogen-bond donors (Lipinski definition) is 2. The van der Waals surface area contributed by atoms with Gasteiger partial charge in [-0.15, -0.1) is 11.3 Å². The predicted octanol–water partition coefficient (Wildman–Crippen LogP) is 3.37. The van der Waals surface area contributed by atoms with Gasteiger partial charge in [-0.05, 0) is 6.07 Å². The first-order valence-electron chi connectivity index (χ1n) is 8.16. The fourth-order valence-electron chi connectivity index (χ4n) is 2.61. The van der Waals surface area contributed by atoms with Crippen molar-refractivity contribution in [3.63, 3.8) is 0 Å². The normalized spacial score (nSPS) is 18.0. The number of rotatable bonds is 3. The third-order valence-corrected chi connectivity index (χ3v) is 5.20. The van der Waals surface area contributed by atoms with Crippen LogP contribution in [0.5, 0.6) is 5.75 Å². The molecule has 0 bridgehead atoms. The predicted molar refractivity (Wildman–Crippen MR) is 98.6 cm³/mol. The fourth-order valence-corrected chi connectivity index (χ4v) is 3.50. The molecular weight excluding hydrogens is 320 g/mol. The molecule has 0 amide bonds. The van der Waals surface area contributed by atoms with E-state index in [9.17, 15) is 0 Å². The first kappa shape index (κ1) is 16.8. The van der Waals surface area contributed by atoms with Crippen molar-refractivity contribution in [3.05, 3.63) is 45.9 Å². The molecular formula is C18H24N4OS. The van der Waals surface area contributed by atoms with Crippen molar-refractivity contribution in [2.75, 3.05) is 6.61 Å². The van der Waals surface area contributed by atoms with Crippen molar-refractivity contribution in [1.82, 2.24) is 10.3 Å². The third-order valence-electron chi connectivity index (χ3n) is 3.89. The van der Waals surface area contributed by atoms with Crippen molar-refractivity contribution in [1.29, 1.82) is 0 Å². The zero-order chi connectivity index (χ0) is 17.2. The molecule has 3 N–H and O–H groups in total. The van der Waals surface area contributed by atoms with Gasteiger partial charge in [-0.1, -0.05) is 39.0 Å². The van der Waals surface area contributed by atoms with Crippen LogP contribution in [0.25, 0.3) is 0 Å². The van der Waals surface area contributed by atoms with Crippen molar-refractivity contribution >= 4 is 17.3 Å². The number of nitrogens with one attached hydrogen (secondary N) is 1. The van der Waals surface area contributed by atoms with E-state index < -0.39 is 0 Å². The summed E-state index contributed by atoms with van der Waals surface area (Å²) in [5.74, 6) is 1.37. The highest BCUT2D eigenvalue weighted by atomic mass is 32.1. The van der Waals surface area contributed by atoms with Crippen LogP contribution in [0.1, 0.15) is 49.5 Å². The van der Waals surface area contributed by atoms with Gasteiger partial charge in [0.1, 0.15) is 5.75 Å². The SMILES string of the molecule is CC(C)(C)c1nc(CN=C(N)NC2CCOc3ccccc32)cs1. The van der Waals surface area contributed by atoms with Gasteiger partial charge in [-0.25, -0.2) is 9.98 Å². The fraction of sp³-hybridized carbons (Fsp3) is 0.444. The molecule has 0 spiro atoms. The number of nitrogens with two attached hydrogens (primary N) is 1. The smallest absolute Gasteiger partial charge is 0.189 e. The summed E-state index contributed by atoms with van der Waals surface area (Å²) in [7, 11) is 0. The molecule has 2 aromatic rings. The number of hydrogen-bond acceptors (Lipinski definition) is 4. The summed E-state index contributed by atoms with van der Waals surface area (Å²) in [4.78, 5) is 9.09. The number of ether oxygens (including phenoxy) is 1. The van der Waals surface area contributed by atoms with Gasteiger partial charge in [0, 0.05) is 22.8 Å². The van der Waals surface area contributed by atoms with Crippen LogP contribution in [0.2, 0.25) is 0 Å². The molecule has 5 nitrogen and oxygen atoms in total. The van der Waals surface area contributed by atoms with Crippen molar-refractivity contribution < 1.29 is 4.74 Å². The molecule has 0 radical (unpaired) electrons. The Morgan fingerprint density at radius 2 is 2.21 bits per heavy atom. The van der Waals surface area contributed by atoms with E-state index in [1.165, 1.54) is 0 Å². The Kier molecular flexibility index (Phi) is 4.76. The molecule has 0 saturated carbocycles. The molecule has 2 heterocycles. The highest BCUT2D eigenvalue weighted by Crippen LogP contribution is 2.31. The average Bonchev–Trinajstić information content (AvgIpc) is 3.03. The molecule has 1 aromatic carbocycles. The number of aromatic nitrogens is 1. The largest absolute Gasteiger partial charge is 0.493 e. The lowest BCUT2D eigenvalue weighted by molar-refractivity contribution is 0.262. The highest BCUT2D eigenvalue weighted by molar-refractivity contribution is 7.09. The van der Waals surface area contributed by atoms with Gasteiger partial charge in [0.05, 0.1) is 29.9 Å². The van der Waals surface area contributed by atoms with E-state index in [2.05, 4.69) is 47.5 Å². The number of fused-ring (bicyclic) bond motifs is 1. The van der Waals surface area contributed by atoms with E-state index >= 15 is 0 Å². The van der Waals surface area contributed by atoms with Crippen LogP contribution in [-0.4, -0.2) is 17.6 Å². The van der Waals surface area contributed by atoms with Gasteiger partial charge in [0.2, 0.25) is 0 Å². The molecule has 1 atom stereocenters. The number of nitrogens with zero attached hydrogens (tertiary/aromatic N) is 2. The van der Waals surface area contributed by atoms with Gasteiger partial charge in [-0.3, -0.25) is 0 Å². The number of benzene rings is 1. The molecule has 24 heavy (non-hydrogen) atoms. The van der Waals surface area contributed by atoms with Crippen LogP contribution in [0.4, 0.5) is 0 Å². The second-order valence-corrected chi connectivity index (χ2v) is 7.83. The van der Waals surface area contributed by atoms with Crippen LogP contribution in [0, 0.1) is 0 Å². The Bertz CT molecular complexity index is 733. The van der Waals surface area contributed by atoms with Gasteiger partial charge in [0.15, 0.2) is 5.96 Å². The van der Waals surface area contributed by atoms with E-state index in [-0.39, 0.29) is 11.5 Å². The summed E-state index contributed by atoms with van der Waals surface area (Å²) in [6.45, 7) is 7.67. The molecule has 0 saturated heterocycles. The Hall–Kier alpha value is -2.08. The van der Waals surface area contributed by atoms with Crippen LogP contribution in [0.3, 0.4) is 0 Å². The van der Waals surface area contributed by atoms with E-state index in [1.54, 1.807) is 11.3 Å². The Balaban J connectivity index is 1.64. The maximum Gasteiger partial charge on any atom is 0.189 e. The first-order chi connectivity index (χ1) is 11.4. The standard InChI is InChI=1S/C18H24N4OS/c1-18(2,3)16-21-12(11-24-16)10-20-17(19)22-14-8-9-23-15-7-5-4-6-13(14)15/h4-7,11,14H,8-10H2,1-3H3,(H3,19,20,22). The maximum atomic E-state index is 6.08. The average molecular weight is 344 g/mol. The Morgan fingerprint density at radius 1 is 1.42 bits per heavy atom. The molecule has 1 aliphatic rings. The maximum absolute atomic E-state index is 6.08. The lowest BCUT2D eigenvalue weighted by Crippen LogP contribution is -2.37. The topological polar surface area (TPSA) is 72.5 Å². The number of guanidine groups is 1. The summed E-state index contributed by atoms with van der Waals surface area (Å²) in [5, 5.41) is 6.49. The summed E-state index contributed by atoms with van der Waals surface area (Å²) >= 11 is 1.68. The highest BCUT2D eigenvalue weighted by Gasteiger charge is 2.21. The second-order valence-electron chi connectivity index (χ2n) is 6.97. The summed E-state index contributed by atoms with van der Waals surface area (Å²) in [6, 6.07) is 8.18. The van der Waals surface area contributed by atoms with Crippen LogP contribution < -0.4 is 15.8 Å². The van der Waals surface area contributed by atoms with Crippen LogP contribution in [0.15, 0.2) is 34.6 Å². The molecule has 6 heteroatoms. The number of aliphatic imine (C=N–C) groups is 1. The molecule has 0 aliphatic carbocycles. The van der Waals surface area contributed by atoms with Crippen LogP contribution in [-0.2, 0) is 12.0 Å². The summed E-state index contributed by atoms with van der Waals surface area (Å²) in [6.07, 6.45) is 0.873. The van der Waals surface area contributed by atoms with E-state index in [0.717, 1.165) is 28.4 Å². The van der Waals surface area contributed by atoms with Gasteiger partial charge in [0.25, 0.3) is 0 Å². The van der Waals surface area contributed by atoms with Gasteiger partial charge < -0.3 is 15.8 Å². The number of para-hydroxylation sites is 1. The van der Waals surface area contributed by atoms with E-state index in [1.807, 2.05) is 18.2 Å². The molecule has 1 unspecified atom stereocenters. The van der Waals surface area contributed by atoms with Crippen molar-refractivity contribution in [2.24, 2.45) is 10.7 Å². The quantitative estimate of drug-likeness (QED) is 0.661. The number of thiazole rings is 1. The Labute approximate surface area is 147 Å². The van der Waals surface area contributed by atoms with Crippen molar-refractivity contribution in [2.45, 2.75) is 45.2 Å². The van der Waals surface area contributed by atoms with Crippen LogP contribution >= 0.6 is 11.3 Å². The lowest BCUT2D eigenvalue weighted by atomic mass is 9.98. The molecule has 128 valence electrons. The molecule has 0 fully saturated rings. The minimum atomic E-state index is 0.0717. The minimum Gasteiger partial charge on any atom is -0.493 e. The van der Waals surface area contributed by atoms with Gasteiger partial charge >= 0.3 is 0 Å². The lowest BCUT2D eigenvalue weighted by Gasteiger charge is -2.26. The Morgan fingerprint density at radius 3 is 2.96 bits per heavy atom. The zero-order valence-corrected chi connectivity index (χ0v) is 15.2.